The van der Waals surface area contributed by atoms with Crippen molar-refractivity contribution < 1.29 is 29.7 Å². The molecule has 0 amide bonds. The Labute approximate surface area is 221 Å². The largest absolute Gasteiger partial charge is 0.393 e. The summed E-state index contributed by atoms with van der Waals surface area (Å²) in [6, 6.07) is 0. The van der Waals surface area contributed by atoms with Crippen molar-refractivity contribution in [3.8, 4) is 0 Å². The Hall–Kier alpha value is -1.63. The topological polar surface area (TPSA) is 112 Å². The van der Waals surface area contributed by atoms with E-state index in [1.165, 1.54) is 19.1 Å². The molecule has 0 aromatic rings. The summed E-state index contributed by atoms with van der Waals surface area (Å²) in [6.45, 7) is 16.6. The molecule has 37 heavy (non-hydrogen) atoms. The molecule has 0 aromatic heterocycles. The van der Waals surface area contributed by atoms with Gasteiger partial charge in [-0.1, -0.05) is 45.4 Å². The van der Waals surface area contributed by atoms with Crippen LogP contribution in [-0.4, -0.2) is 50.0 Å². The van der Waals surface area contributed by atoms with Crippen LogP contribution in [0.2, 0.25) is 0 Å². The standard InChI is InChI=1S/C31H46O6/c1-17-14-19-18(27(4,5)25(17)35)10-11-21-28(6)15-20(32)24(29(28,7)16-23(34)30(19,21)8)31(9,37)22(33)12-13-26(2,3)36/h10,12-13,17,19-21,24,32,36-37H,11,14-16H2,1-9H3/b13-12+/t17-,19+,20+,21-,24-,28-,29+,30-,31-/m0/s1. The van der Waals surface area contributed by atoms with Crippen molar-refractivity contribution in [2.24, 2.45) is 45.3 Å². The monoisotopic (exact) mass is 514 g/mol. The van der Waals surface area contributed by atoms with Crippen LogP contribution in [0.3, 0.4) is 0 Å². The van der Waals surface area contributed by atoms with E-state index in [1.807, 2.05) is 27.7 Å². The summed E-state index contributed by atoms with van der Waals surface area (Å²) in [5.41, 5.74) is -4.68. The van der Waals surface area contributed by atoms with Gasteiger partial charge in [-0.25, -0.2) is 0 Å². The van der Waals surface area contributed by atoms with Gasteiger partial charge < -0.3 is 15.3 Å². The second-order valence-corrected chi connectivity index (χ2v) is 14.6. The fourth-order valence-corrected chi connectivity index (χ4v) is 9.33. The number of hydrogen-bond donors (Lipinski definition) is 3. The zero-order valence-electron chi connectivity index (χ0n) is 24.0. The van der Waals surface area contributed by atoms with E-state index >= 15 is 0 Å². The van der Waals surface area contributed by atoms with E-state index in [0.717, 1.165) is 5.57 Å². The average Bonchev–Trinajstić information content (AvgIpc) is 2.96. The van der Waals surface area contributed by atoms with Gasteiger partial charge in [0.15, 0.2) is 5.78 Å². The van der Waals surface area contributed by atoms with Gasteiger partial charge in [0, 0.05) is 29.1 Å². The van der Waals surface area contributed by atoms with Crippen LogP contribution >= 0.6 is 0 Å². The van der Waals surface area contributed by atoms with Gasteiger partial charge in [-0.15, -0.1) is 0 Å². The number of aliphatic hydroxyl groups is 3. The summed E-state index contributed by atoms with van der Waals surface area (Å²) in [7, 11) is 0. The number of allylic oxidation sites excluding steroid dienone is 2. The third-order valence-electron chi connectivity index (χ3n) is 11.4. The number of fused-ring (bicyclic) bond motifs is 5. The number of carbonyl (C=O) groups is 3. The highest BCUT2D eigenvalue weighted by Gasteiger charge is 2.74. The van der Waals surface area contributed by atoms with Gasteiger partial charge in [0.1, 0.15) is 17.2 Å². The number of ketones is 3. The van der Waals surface area contributed by atoms with Crippen LogP contribution in [0.25, 0.3) is 0 Å². The molecule has 4 aliphatic carbocycles. The summed E-state index contributed by atoms with van der Waals surface area (Å²) in [5, 5.41) is 33.1. The van der Waals surface area contributed by atoms with Crippen LogP contribution in [-0.2, 0) is 14.4 Å². The van der Waals surface area contributed by atoms with E-state index < -0.39 is 50.7 Å². The first-order valence-electron chi connectivity index (χ1n) is 13.8. The lowest BCUT2D eigenvalue weighted by atomic mass is 9.38. The van der Waals surface area contributed by atoms with Crippen molar-refractivity contribution in [1.82, 2.24) is 0 Å². The molecule has 4 aliphatic rings. The lowest BCUT2D eigenvalue weighted by Gasteiger charge is -2.64. The molecule has 3 fully saturated rings. The van der Waals surface area contributed by atoms with Crippen molar-refractivity contribution in [2.45, 2.75) is 105 Å². The SMILES string of the molecule is C[C@H]1C[C@@H]2C(=CC[C@@H]3[C@@]2(C)C(=O)C[C@]2(C)[C@@H]([C@@](C)(O)C(=O)/C=C/C(C)(C)O)[C@H](O)C[C@@]32C)C(C)(C)C1=O. The van der Waals surface area contributed by atoms with Gasteiger partial charge >= 0.3 is 0 Å². The van der Waals surface area contributed by atoms with Gasteiger partial charge in [0.25, 0.3) is 0 Å². The molecule has 6 nitrogen and oxygen atoms in total. The quantitative estimate of drug-likeness (QED) is 0.383. The number of hydrogen-bond acceptors (Lipinski definition) is 6. The smallest absolute Gasteiger partial charge is 0.187 e. The second kappa shape index (κ2) is 8.19. The molecule has 0 saturated heterocycles. The van der Waals surface area contributed by atoms with E-state index in [2.05, 4.69) is 19.9 Å². The average molecular weight is 515 g/mol. The van der Waals surface area contributed by atoms with Crippen molar-refractivity contribution in [1.29, 1.82) is 0 Å². The fourth-order valence-electron chi connectivity index (χ4n) is 9.33. The third-order valence-corrected chi connectivity index (χ3v) is 11.4. The molecule has 0 radical (unpaired) electrons. The zero-order chi connectivity index (χ0) is 28.1. The fraction of sp³-hybridized carbons (Fsp3) is 0.774. The Morgan fingerprint density at radius 1 is 1.05 bits per heavy atom. The summed E-state index contributed by atoms with van der Waals surface area (Å²) >= 11 is 0. The predicted octanol–water partition coefficient (Wildman–Crippen LogP) is 4.20. The number of rotatable bonds is 4. The van der Waals surface area contributed by atoms with Crippen molar-refractivity contribution in [2.75, 3.05) is 0 Å². The van der Waals surface area contributed by atoms with E-state index in [4.69, 9.17) is 0 Å². The minimum Gasteiger partial charge on any atom is -0.393 e. The molecule has 0 unspecified atom stereocenters. The Morgan fingerprint density at radius 3 is 2.22 bits per heavy atom. The maximum Gasteiger partial charge on any atom is 0.187 e. The zero-order valence-corrected chi connectivity index (χ0v) is 24.0. The Kier molecular flexibility index (Phi) is 6.28. The maximum atomic E-state index is 14.3. The first-order valence-corrected chi connectivity index (χ1v) is 13.8. The van der Waals surface area contributed by atoms with E-state index in [1.54, 1.807) is 13.8 Å². The van der Waals surface area contributed by atoms with E-state index in [-0.39, 0.29) is 35.7 Å². The highest BCUT2D eigenvalue weighted by Crippen LogP contribution is 2.74. The van der Waals surface area contributed by atoms with Crippen molar-refractivity contribution in [3.63, 3.8) is 0 Å². The molecule has 0 aromatic carbocycles. The molecular formula is C31H46O6. The summed E-state index contributed by atoms with van der Waals surface area (Å²) in [5.74, 6) is -1.38. The molecule has 3 saturated carbocycles. The summed E-state index contributed by atoms with van der Waals surface area (Å²) in [4.78, 5) is 40.6. The van der Waals surface area contributed by atoms with Crippen molar-refractivity contribution >= 4 is 17.3 Å². The molecule has 0 heterocycles. The Morgan fingerprint density at radius 2 is 1.65 bits per heavy atom. The molecule has 206 valence electrons. The lowest BCUT2D eigenvalue weighted by Crippen LogP contribution is -2.65. The molecule has 3 N–H and O–H groups in total. The van der Waals surface area contributed by atoms with Gasteiger partial charge in [-0.2, -0.15) is 0 Å². The number of aliphatic hydroxyl groups excluding tert-OH is 1. The highest BCUT2D eigenvalue weighted by atomic mass is 16.3. The molecular weight excluding hydrogens is 468 g/mol. The molecule has 0 bridgehead atoms. The van der Waals surface area contributed by atoms with Gasteiger partial charge in [-0.05, 0) is 82.6 Å². The molecule has 6 heteroatoms. The van der Waals surface area contributed by atoms with Crippen LogP contribution in [0, 0.1) is 45.3 Å². The van der Waals surface area contributed by atoms with Crippen molar-refractivity contribution in [3.05, 3.63) is 23.8 Å². The second-order valence-electron chi connectivity index (χ2n) is 14.6. The van der Waals surface area contributed by atoms with Crippen LogP contribution < -0.4 is 0 Å². The molecule has 0 spiro atoms. The third kappa shape index (κ3) is 3.72. The van der Waals surface area contributed by atoms with Crippen LogP contribution in [0.1, 0.15) is 88.0 Å². The van der Waals surface area contributed by atoms with E-state index in [9.17, 15) is 29.7 Å². The Balaban J connectivity index is 1.80. The number of Topliss-reactive ketones (excluding diaryl/α,β-unsaturated/α-hetero) is 2. The number of carbonyl (C=O) groups excluding carboxylic acids is 3. The van der Waals surface area contributed by atoms with Gasteiger partial charge in [0.05, 0.1) is 11.7 Å². The first-order chi connectivity index (χ1) is 16.7. The summed E-state index contributed by atoms with van der Waals surface area (Å²) < 4.78 is 0. The molecule has 0 aliphatic heterocycles. The van der Waals surface area contributed by atoms with Gasteiger partial charge in [0.2, 0.25) is 0 Å². The summed E-state index contributed by atoms with van der Waals surface area (Å²) in [6.07, 6.45) is 5.56. The van der Waals surface area contributed by atoms with Gasteiger partial charge in [-0.3, -0.25) is 14.4 Å². The first kappa shape index (κ1) is 28.4. The molecule has 9 atom stereocenters. The van der Waals surface area contributed by atoms with Crippen LogP contribution in [0.4, 0.5) is 0 Å². The van der Waals surface area contributed by atoms with Crippen LogP contribution in [0.5, 0.6) is 0 Å². The predicted molar refractivity (Wildman–Crippen MR) is 141 cm³/mol. The highest BCUT2D eigenvalue weighted by molar-refractivity contribution is 5.97. The minimum atomic E-state index is -1.91. The minimum absolute atomic E-state index is 0.0455. The Bertz CT molecular complexity index is 1090. The molecule has 4 rings (SSSR count). The maximum absolute atomic E-state index is 14.3. The van der Waals surface area contributed by atoms with E-state index in [0.29, 0.717) is 19.3 Å². The lowest BCUT2D eigenvalue weighted by molar-refractivity contribution is -0.182. The normalized spacial score (nSPS) is 45.1. The van der Waals surface area contributed by atoms with Crippen LogP contribution in [0.15, 0.2) is 23.8 Å².